The van der Waals surface area contributed by atoms with Crippen molar-refractivity contribution in [3.63, 3.8) is 0 Å². The zero-order valence-electron chi connectivity index (χ0n) is 12.0. The molecular weight excluding hydrogens is 226 g/mol. The average molecular weight is 247 g/mol. The van der Waals surface area contributed by atoms with Crippen molar-refractivity contribution in [1.29, 1.82) is 5.26 Å². The fourth-order valence-electron chi connectivity index (χ4n) is 1.42. The normalized spacial score (nSPS) is 11.4. The van der Waals surface area contributed by atoms with Gasteiger partial charge in [0.25, 0.3) is 0 Å². The van der Waals surface area contributed by atoms with Crippen LogP contribution in [0.25, 0.3) is 0 Å². The fraction of sp³-hybridized carbons (Fsp3) is 0.571. The van der Waals surface area contributed by atoms with Crippen molar-refractivity contribution in [3.8, 4) is 11.9 Å². The van der Waals surface area contributed by atoms with Crippen molar-refractivity contribution in [2.75, 3.05) is 20.7 Å². The number of likely N-dealkylation sites (N-methyl/N-ethyl adjacent to an activating group) is 1. The van der Waals surface area contributed by atoms with Gasteiger partial charge in [-0.2, -0.15) is 5.26 Å². The van der Waals surface area contributed by atoms with Crippen molar-refractivity contribution >= 4 is 0 Å². The molecule has 0 fully saturated rings. The monoisotopic (exact) mass is 247 g/mol. The summed E-state index contributed by atoms with van der Waals surface area (Å²) in [6, 6.07) is 4.05. The van der Waals surface area contributed by atoms with Crippen LogP contribution >= 0.6 is 0 Å². The second-order valence-corrected chi connectivity index (χ2v) is 5.37. The minimum Gasteiger partial charge on any atom is -0.475 e. The number of hydrogen-bond acceptors (Lipinski definition) is 4. The first-order valence-corrected chi connectivity index (χ1v) is 5.96. The number of aryl methyl sites for hydroxylation is 2. The standard InChI is InChI=1S/C14H21N3O/c1-10-7-11(2)16-13(12(10)8-15)18-9-14(3,4)17(5)6/h7H,9H2,1-6H3. The fourth-order valence-corrected chi connectivity index (χ4v) is 1.42. The number of nitrogens with zero attached hydrogens (tertiary/aromatic N) is 3. The Labute approximate surface area is 109 Å². The summed E-state index contributed by atoms with van der Waals surface area (Å²) >= 11 is 0. The molecule has 0 spiro atoms. The Kier molecular flexibility index (Phi) is 4.31. The van der Waals surface area contributed by atoms with Crippen molar-refractivity contribution in [3.05, 3.63) is 22.9 Å². The molecule has 0 aliphatic heterocycles. The maximum Gasteiger partial charge on any atom is 0.232 e. The van der Waals surface area contributed by atoms with Crippen LogP contribution < -0.4 is 4.74 Å². The lowest BCUT2D eigenvalue weighted by molar-refractivity contribution is 0.110. The van der Waals surface area contributed by atoms with Gasteiger partial charge in [0.2, 0.25) is 5.88 Å². The highest BCUT2D eigenvalue weighted by atomic mass is 16.5. The smallest absolute Gasteiger partial charge is 0.232 e. The third kappa shape index (κ3) is 3.21. The second-order valence-electron chi connectivity index (χ2n) is 5.37. The van der Waals surface area contributed by atoms with Crippen LogP contribution in [0.1, 0.15) is 30.7 Å². The van der Waals surface area contributed by atoms with E-state index in [0.717, 1.165) is 11.3 Å². The Bertz CT molecular complexity index is 473. The van der Waals surface area contributed by atoms with Gasteiger partial charge in [-0.15, -0.1) is 0 Å². The molecule has 4 nitrogen and oxygen atoms in total. The molecule has 1 aromatic rings. The predicted molar refractivity (Wildman–Crippen MR) is 71.7 cm³/mol. The van der Waals surface area contributed by atoms with Crippen LogP contribution in [0, 0.1) is 25.2 Å². The van der Waals surface area contributed by atoms with Gasteiger partial charge in [-0.05, 0) is 53.4 Å². The average Bonchev–Trinajstić information content (AvgIpc) is 2.25. The number of aromatic nitrogens is 1. The van der Waals surface area contributed by atoms with Crippen LogP contribution in [0.2, 0.25) is 0 Å². The molecule has 0 atom stereocenters. The van der Waals surface area contributed by atoms with Crippen LogP contribution in [-0.2, 0) is 0 Å². The molecule has 0 aliphatic carbocycles. The number of pyridine rings is 1. The third-order valence-corrected chi connectivity index (χ3v) is 3.20. The molecule has 0 saturated heterocycles. The third-order valence-electron chi connectivity index (χ3n) is 3.20. The molecule has 0 radical (unpaired) electrons. The van der Waals surface area contributed by atoms with Crippen molar-refractivity contribution in [2.45, 2.75) is 33.2 Å². The highest BCUT2D eigenvalue weighted by Gasteiger charge is 2.22. The van der Waals surface area contributed by atoms with Crippen molar-refractivity contribution < 1.29 is 4.74 Å². The molecular formula is C14H21N3O. The van der Waals surface area contributed by atoms with E-state index >= 15 is 0 Å². The molecule has 18 heavy (non-hydrogen) atoms. The summed E-state index contributed by atoms with van der Waals surface area (Å²) in [7, 11) is 4.01. The van der Waals surface area contributed by atoms with Gasteiger partial charge in [-0.1, -0.05) is 0 Å². The van der Waals surface area contributed by atoms with Crippen LogP contribution in [0.3, 0.4) is 0 Å². The van der Waals surface area contributed by atoms with Gasteiger partial charge in [0.15, 0.2) is 0 Å². The first kappa shape index (κ1) is 14.5. The van der Waals surface area contributed by atoms with Gasteiger partial charge >= 0.3 is 0 Å². The van der Waals surface area contributed by atoms with E-state index < -0.39 is 0 Å². The van der Waals surface area contributed by atoms with Gasteiger partial charge in [0, 0.05) is 11.2 Å². The predicted octanol–water partition coefficient (Wildman–Crippen LogP) is 2.29. The topological polar surface area (TPSA) is 49.1 Å². The molecule has 0 amide bonds. The molecule has 98 valence electrons. The lowest BCUT2D eigenvalue weighted by Crippen LogP contribution is -2.43. The van der Waals surface area contributed by atoms with Gasteiger partial charge in [0.1, 0.15) is 18.2 Å². The van der Waals surface area contributed by atoms with E-state index in [-0.39, 0.29) is 5.54 Å². The zero-order chi connectivity index (χ0) is 13.9. The maximum atomic E-state index is 9.15. The molecule has 0 aromatic carbocycles. The van der Waals surface area contributed by atoms with Crippen LogP contribution in [-0.4, -0.2) is 36.1 Å². The number of nitriles is 1. The minimum atomic E-state index is -0.105. The first-order valence-electron chi connectivity index (χ1n) is 5.96. The molecule has 0 aliphatic rings. The maximum absolute atomic E-state index is 9.15. The SMILES string of the molecule is Cc1cc(C)c(C#N)c(OCC(C)(C)N(C)C)n1. The molecule has 1 rings (SSSR count). The van der Waals surface area contributed by atoms with Gasteiger partial charge in [-0.3, -0.25) is 0 Å². The van der Waals surface area contributed by atoms with E-state index in [2.05, 4.69) is 29.8 Å². The molecule has 0 saturated carbocycles. The molecule has 0 N–H and O–H groups in total. The molecule has 0 bridgehead atoms. The quantitative estimate of drug-likeness (QED) is 0.819. The van der Waals surface area contributed by atoms with Crippen LogP contribution in [0.15, 0.2) is 6.07 Å². The van der Waals surface area contributed by atoms with E-state index in [1.54, 1.807) is 0 Å². The highest BCUT2D eigenvalue weighted by Crippen LogP contribution is 2.21. The van der Waals surface area contributed by atoms with E-state index in [1.807, 2.05) is 34.0 Å². The lowest BCUT2D eigenvalue weighted by atomic mass is 10.1. The Morgan fingerprint density at radius 2 is 2.00 bits per heavy atom. The second kappa shape index (κ2) is 5.36. The Hall–Kier alpha value is -1.60. The number of rotatable bonds is 4. The van der Waals surface area contributed by atoms with Gasteiger partial charge in [-0.25, -0.2) is 4.98 Å². The van der Waals surface area contributed by atoms with E-state index in [1.165, 1.54) is 0 Å². The highest BCUT2D eigenvalue weighted by molar-refractivity contribution is 5.45. The Morgan fingerprint density at radius 1 is 1.39 bits per heavy atom. The molecule has 0 unspecified atom stereocenters. The molecule has 1 heterocycles. The number of hydrogen-bond donors (Lipinski definition) is 0. The number of ether oxygens (including phenoxy) is 1. The minimum absolute atomic E-state index is 0.105. The van der Waals surface area contributed by atoms with Crippen molar-refractivity contribution in [1.82, 2.24) is 9.88 Å². The van der Waals surface area contributed by atoms with E-state index in [0.29, 0.717) is 18.1 Å². The summed E-state index contributed by atoms with van der Waals surface area (Å²) in [5, 5.41) is 9.15. The summed E-state index contributed by atoms with van der Waals surface area (Å²) in [5.41, 5.74) is 2.19. The summed E-state index contributed by atoms with van der Waals surface area (Å²) < 4.78 is 5.74. The van der Waals surface area contributed by atoms with Gasteiger partial charge < -0.3 is 9.64 Å². The molecule has 4 heteroatoms. The lowest BCUT2D eigenvalue weighted by Gasteiger charge is -2.32. The first-order chi connectivity index (χ1) is 8.27. The van der Waals surface area contributed by atoms with Crippen molar-refractivity contribution in [2.24, 2.45) is 0 Å². The van der Waals surface area contributed by atoms with Crippen LogP contribution in [0.5, 0.6) is 5.88 Å². The summed E-state index contributed by atoms with van der Waals surface area (Å²) in [5.74, 6) is 0.435. The molecule has 1 aromatic heterocycles. The van der Waals surface area contributed by atoms with Gasteiger partial charge in [0.05, 0.1) is 0 Å². The zero-order valence-corrected chi connectivity index (χ0v) is 12.0. The summed E-state index contributed by atoms with van der Waals surface area (Å²) in [6.45, 7) is 8.46. The van der Waals surface area contributed by atoms with E-state index in [9.17, 15) is 0 Å². The Morgan fingerprint density at radius 3 is 2.50 bits per heavy atom. The van der Waals surface area contributed by atoms with E-state index in [4.69, 9.17) is 10.00 Å². The summed E-state index contributed by atoms with van der Waals surface area (Å²) in [6.07, 6.45) is 0. The largest absolute Gasteiger partial charge is 0.475 e. The Balaban J connectivity index is 2.96. The summed E-state index contributed by atoms with van der Waals surface area (Å²) in [4.78, 5) is 6.39. The van der Waals surface area contributed by atoms with Crippen LogP contribution in [0.4, 0.5) is 0 Å².